The number of nitrogens with zero attached hydrogens (tertiary/aromatic N) is 2. The molecule has 0 aliphatic carbocycles. The molecule has 3 nitrogen and oxygen atoms in total. The van der Waals surface area contributed by atoms with E-state index in [0.717, 1.165) is 22.2 Å². The molecule has 1 heterocycles. The molecule has 1 aromatic carbocycles. The first-order valence-corrected chi connectivity index (χ1v) is 3.75. The Labute approximate surface area is 71.0 Å². The highest BCUT2D eigenvalue weighted by molar-refractivity contribution is 6.37. The molecule has 0 unspecified atom stereocenters. The molecule has 0 amide bonds. The van der Waals surface area contributed by atoms with Gasteiger partial charge in [-0.3, -0.25) is 9.97 Å². The van der Waals surface area contributed by atoms with E-state index in [-0.39, 0.29) is 0 Å². The van der Waals surface area contributed by atoms with Gasteiger partial charge in [-0.15, -0.1) is 0 Å². The van der Waals surface area contributed by atoms with Gasteiger partial charge in [-0.1, -0.05) is 11.5 Å². The standard InChI is InChI=1S/C8H8BN3/c9-5-1-2-6-8(7(5)10)12-4-3-11-6/h1-4H,9-10H2. The number of nitrogen functional groups attached to an aromatic ring is 1. The Hall–Kier alpha value is -1.58. The van der Waals surface area contributed by atoms with E-state index in [4.69, 9.17) is 5.73 Å². The van der Waals surface area contributed by atoms with Crippen molar-refractivity contribution in [2.45, 2.75) is 0 Å². The Kier molecular flexibility index (Phi) is 1.47. The minimum atomic E-state index is 0.723. The number of anilines is 1. The lowest BCUT2D eigenvalue weighted by Crippen LogP contribution is -2.10. The largest absolute Gasteiger partial charge is 0.397 e. The average molecular weight is 157 g/mol. The molecule has 2 N–H and O–H groups in total. The van der Waals surface area contributed by atoms with E-state index in [0.29, 0.717) is 0 Å². The van der Waals surface area contributed by atoms with Gasteiger partial charge in [-0.05, 0) is 6.07 Å². The van der Waals surface area contributed by atoms with Crippen molar-refractivity contribution in [1.29, 1.82) is 0 Å². The van der Waals surface area contributed by atoms with Gasteiger partial charge in [-0.2, -0.15) is 0 Å². The van der Waals surface area contributed by atoms with Crippen molar-refractivity contribution in [2.24, 2.45) is 0 Å². The van der Waals surface area contributed by atoms with E-state index >= 15 is 0 Å². The Morgan fingerprint density at radius 2 is 1.92 bits per heavy atom. The fourth-order valence-electron chi connectivity index (χ4n) is 1.16. The van der Waals surface area contributed by atoms with Crippen LogP contribution in [0, 0.1) is 0 Å². The zero-order chi connectivity index (χ0) is 8.55. The molecule has 12 heavy (non-hydrogen) atoms. The third-order valence-electron chi connectivity index (χ3n) is 1.90. The highest BCUT2D eigenvalue weighted by Crippen LogP contribution is 2.12. The number of nitrogens with two attached hydrogens (primary N) is 1. The van der Waals surface area contributed by atoms with E-state index < -0.39 is 0 Å². The fourth-order valence-corrected chi connectivity index (χ4v) is 1.16. The lowest BCUT2D eigenvalue weighted by molar-refractivity contribution is 1.30. The Balaban J connectivity index is 2.91. The zero-order valence-electron chi connectivity index (χ0n) is 6.78. The van der Waals surface area contributed by atoms with E-state index in [1.807, 2.05) is 20.0 Å². The van der Waals surface area contributed by atoms with Crippen molar-refractivity contribution in [2.75, 3.05) is 5.73 Å². The van der Waals surface area contributed by atoms with Gasteiger partial charge < -0.3 is 5.73 Å². The third kappa shape index (κ3) is 0.924. The van der Waals surface area contributed by atoms with E-state index in [9.17, 15) is 0 Å². The Bertz CT molecular complexity index is 428. The molecule has 0 atom stereocenters. The highest BCUT2D eigenvalue weighted by Gasteiger charge is 2.00. The quantitative estimate of drug-likeness (QED) is 0.413. The van der Waals surface area contributed by atoms with Gasteiger partial charge in [0.2, 0.25) is 0 Å². The molecule has 0 aliphatic rings. The molecule has 4 heteroatoms. The van der Waals surface area contributed by atoms with Crippen LogP contribution in [0.2, 0.25) is 0 Å². The highest BCUT2D eigenvalue weighted by atomic mass is 14.8. The monoisotopic (exact) mass is 157 g/mol. The SMILES string of the molecule is Bc1ccc2nccnc2c1N. The first-order chi connectivity index (χ1) is 5.79. The van der Waals surface area contributed by atoms with Crippen molar-refractivity contribution in [1.82, 2.24) is 9.97 Å². The fraction of sp³-hybridized carbons (Fsp3) is 0. The molecule has 0 bridgehead atoms. The number of aromatic nitrogens is 2. The molecule has 0 saturated heterocycles. The summed E-state index contributed by atoms with van der Waals surface area (Å²) >= 11 is 0. The van der Waals surface area contributed by atoms with Crippen LogP contribution in [0.15, 0.2) is 24.5 Å². The molecule has 2 rings (SSSR count). The van der Waals surface area contributed by atoms with Crippen molar-refractivity contribution < 1.29 is 0 Å². The maximum atomic E-state index is 5.82. The van der Waals surface area contributed by atoms with Crippen molar-refractivity contribution >= 4 is 30.0 Å². The molecule has 0 aliphatic heterocycles. The summed E-state index contributed by atoms with van der Waals surface area (Å²) in [5, 5.41) is 0. The number of rotatable bonds is 0. The summed E-state index contributed by atoms with van der Waals surface area (Å²) in [5.41, 5.74) is 9.22. The van der Waals surface area contributed by atoms with Crippen LogP contribution in [-0.4, -0.2) is 17.8 Å². The van der Waals surface area contributed by atoms with E-state index in [1.165, 1.54) is 0 Å². The summed E-state index contributed by atoms with van der Waals surface area (Å²) in [7, 11) is 1.96. The second kappa shape index (κ2) is 2.48. The predicted molar refractivity (Wildman–Crippen MR) is 52.1 cm³/mol. The molecule has 0 radical (unpaired) electrons. The van der Waals surface area contributed by atoms with Crippen molar-refractivity contribution in [3.63, 3.8) is 0 Å². The van der Waals surface area contributed by atoms with E-state index in [2.05, 4.69) is 9.97 Å². The number of benzene rings is 1. The summed E-state index contributed by atoms with van der Waals surface area (Å²) in [6.07, 6.45) is 3.31. The summed E-state index contributed by atoms with van der Waals surface area (Å²) < 4.78 is 0. The van der Waals surface area contributed by atoms with Gasteiger partial charge in [0.1, 0.15) is 13.4 Å². The van der Waals surface area contributed by atoms with Crippen LogP contribution >= 0.6 is 0 Å². The molecular formula is C8H8BN3. The lowest BCUT2D eigenvalue weighted by Gasteiger charge is -2.02. The second-order valence-corrected chi connectivity index (χ2v) is 2.72. The Morgan fingerprint density at radius 3 is 2.75 bits per heavy atom. The number of hydrogen-bond acceptors (Lipinski definition) is 3. The first-order valence-electron chi connectivity index (χ1n) is 3.75. The molecule has 0 fully saturated rings. The van der Waals surface area contributed by atoms with E-state index in [1.54, 1.807) is 12.4 Å². The van der Waals surface area contributed by atoms with Crippen LogP contribution in [0.5, 0.6) is 0 Å². The van der Waals surface area contributed by atoms with Gasteiger partial charge in [0, 0.05) is 12.4 Å². The first kappa shape index (κ1) is 7.09. The molecule has 2 aromatic rings. The Morgan fingerprint density at radius 1 is 1.17 bits per heavy atom. The number of hydrogen-bond donors (Lipinski definition) is 1. The predicted octanol–water partition coefficient (Wildman–Crippen LogP) is -0.530. The maximum absolute atomic E-state index is 5.82. The smallest absolute Gasteiger partial charge is 0.142 e. The van der Waals surface area contributed by atoms with Crippen LogP contribution < -0.4 is 11.2 Å². The summed E-state index contributed by atoms with van der Waals surface area (Å²) in [6, 6.07) is 3.88. The molecule has 1 aromatic heterocycles. The number of fused-ring (bicyclic) bond motifs is 1. The van der Waals surface area contributed by atoms with Crippen LogP contribution in [0.4, 0.5) is 5.69 Å². The van der Waals surface area contributed by atoms with Crippen molar-refractivity contribution in [3.05, 3.63) is 24.5 Å². The minimum absolute atomic E-state index is 0.723. The topological polar surface area (TPSA) is 51.8 Å². The van der Waals surface area contributed by atoms with Crippen LogP contribution in [0.3, 0.4) is 0 Å². The maximum Gasteiger partial charge on any atom is 0.142 e. The average Bonchev–Trinajstić information content (AvgIpc) is 2.12. The van der Waals surface area contributed by atoms with Gasteiger partial charge in [0.25, 0.3) is 0 Å². The minimum Gasteiger partial charge on any atom is -0.397 e. The summed E-state index contributed by atoms with van der Waals surface area (Å²) in [6.45, 7) is 0. The summed E-state index contributed by atoms with van der Waals surface area (Å²) in [5.74, 6) is 0. The second-order valence-electron chi connectivity index (χ2n) is 2.72. The lowest BCUT2D eigenvalue weighted by atomic mass is 9.93. The van der Waals surface area contributed by atoms with Gasteiger partial charge >= 0.3 is 0 Å². The molecular weight excluding hydrogens is 149 g/mol. The normalized spacial score (nSPS) is 10.3. The summed E-state index contributed by atoms with van der Waals surface area (Å²) in [4.78, 5) is 8.29. The van der Waals surface area contributed by atoms with Gasteiger partial charge in [0.15, 0.2) is 0 Å². The van der Waals surface area contributed by atoms with Crippen LogP contribution in [0.1, 0.15) is 0 Å². The molecule has 0 spiro atoms. The molecule has 58 valence electrons. The van der Waals surface area contributed by atoms with Gasteiger partial charge in [0.05, 0.1) is 11.2 Å². The van der Waals surface area contributed by atoms with Crippen LogP contribution in [-0.2, 0) is 0 Å². The van der Waals surface area contributed by atoms with Crippen LogP contribution in [0.25, 0.3) is 11.0 Å². The van der Waals surface area contributed by atoms with Gasteiger partial charge in [-0.25, -0.2) is 0 Å². The molecule has 0 saturated carbocycles. The third-order valence-corrected chi connectivity index (χ3v) is 1.90. The van der Waals surface area contributed by atoms with Crippen molar-refractivity contribution in [3.8, 4) is 0 Å². The zero-order valence-corrected chi connectivity index (χ0v) is 6.78.